The van der Waals surface area contributed by atoms with Crippen LogP contribution in [0.2, 0.25) is 0 Å². The molecule has 0 bridgehead atoms. The summed E-state index contributed by atoms with van der Waals surface area (Å²) in [6.07, 6.45) is 5.02. The van der Waals surface area contributed by atoms with Crippen LogP contribution in [0.1, 0.15) is 60.3 Å². The number of nitrogens with one attached hydrogen (secondary N) is 1. The molecule has 1 unspecified atom stereocenters. The van der Waals surface area contributed by atoms with E-state index >= 15 is 0 Å². The molecule has 0 spiro atoms. The molecule has 1 atom stereocenters. The smallest absolute Gasteiger partial charge is 0.189 e. The molecule has 0 amide bonds. The zero-order valence-corrected chi connectivity index (χ0v) is 11.4. The first-order chi connectivity index (χ1) is 7.21. The molecule has 1 aliphatic carbocycles. The molecular weight excluding hydrogens is 198 g/mol. The van der Waals surface area contributed by atoms with E-state index in [9.17, 15) is 0 Å². The predicted octanol–water partition coefficient (Wildman–Crippen LogP) is 2.66. The molecule has 0 aromatic rings. The van der Waals surface area contributed by atoms with Crippen molar-refractivity contribution in [2.75, 3.05) is 0 Å². The highest BCUT2D eigenvalue weighted by Gasteiger charge is 2.32. The number of nitrogens with two attached hydrogens (primary N) is 1. The van der Waals surface area contributed by atoms with Gasteiger partial charge in [0, 0.05) is 5.54 Å². The molecule has 1 rings (SSSR count). The zero-order valence-electron chi connectivity index (χ0n) is 11.4. The summed E-state index contributed by atoms with van der Waals surface area (Å²) in [6.45, 7) is 10.9. The van der Waals surface area contributed by atoms with Crippen LogP contribution < -0.4 is 11.1 Å². The molecule has 0 aromatic heterocycles. The number of hydrogen-bond donors (Lipinski definition) is 2. The van der Waals surface area contributed by atoms with E-state index in [0.29, 0.717) is 17.4 Å². The van der Waals surface area contributed by atoms with Gasteiger partial charge in [0.1, 0.15) is 0 Å². The van der Waals surface area contributed by atoms with Crippen molar-refractivity contribution < 1.29 is 0 Å². The van der Waals surface area contributed by atoms with Crippen molar-refractivity contribution in [3.63, 3.8) is 0 Å². The highest BCUT2D eigenvalue weighted by Crippen LogP contribution is 2.37. The fourth-order valence-electron chi connectivity index (χ4n) is 2.30. The van der Waals surface area contributed by atoms with Crippen LogP contribution in [-0.2, 0) is 0 Å². The van der Waals surface area contributed by atoms with E-state index in [2.05, 4.69) is 44.9 Å². The third-order valence-corrected chi connectivity index (χ3v) is 3.25. The van der Waals surface area contributed by atoms with Crippen molar-refractivity contribution in [1.82, 2.24) is 5.32 Å². The van der Waals surface area contributed by atoms with Gasteiger partial charge in [-0.15, -0.1) is 0 Å². The van der Waals surface area contributed by atoms with E-state index in [-0.39, 0.29) is 5.54 Å². The number of aliphatic imine (C=N–C) groups is 1. The second-order valence-electron chi connectivity index (χ2n) is 6.64. The first-order valence-corrected chi connectivity index (χ1v) is 6.32. The average Bonchev–Trinajstić information content (AvgIpc) is 2.05. The first kappa shape index (κ1) is 13.3. The quantitative estimate of drug-likeness (QED) is 0.532. The van der Waals surface area contributed by atoms with Crippen LogP contribution in [0.5, 0.6) is 0 Å². The number of nitrogens with zero attached hydrogens (tertiary/aromatic N) is 1. The largest absolute Gasteiger partial charge is 0.370 e. The highest BCUT2D eigenvalue weighted by atomic mass is 15.1. The van der Waals surface area contributed by atoms with Gasteiger partial charge in [-0.2, -0.15) is 0 Å². The minimum absolute atomic E-state index is 0.00755. The van der Waals surface area contributed by atoms with Crippen LogP contribution >= 0.6 is 0 Å². The zero-order chi connectivity index (χ0) is 12.4. The van der Waals surface area contributed by atoms with Gasteiger partial charge in [0.2, 0.25) is 0 Å². The lowest BCUT2D eigenvalue weighted by Crippen LogP contribution is -2.46. The molecular formula is C13H27N3. The van der Waals surface area contributed by atoms with Crippen LogP contribution in [0, 0.1) is 5.41 Å². The molecule has 3 N–H and O–H groups in total. The SMILES string of the molecule is CC(C)(C)NC(N)=NC1CCCCC1(C)C. The van der Waals surface area contributed by atoms with Gasteiger partial charge in [-0.3, -0.25) is 0 Å². The summed E-state index contributed by atoms with van der Waals surface area (Å²) in [4.78, 5) is 4.66. The van der Waals surface area contributed by atoms with E-state index in [1.807, 2.05) is 0 Å². The van der Waals surface area contributed by atoms with Crippen molar-refractivity contribution in [2.45, 2.75) is 71.9 Å². The molecule has 0 saturated heterocycles. The van der Waals surface area contributed by atoms with Crippen molar-refractivity contribution in [3.05, 3.63) is 0 Å². The number of guanidine groups is 1. The van der Waals surface area contributed by atoms with Crippen molar-refractivity contribution in [3.8, 4) is 0 Å². The lowest BCUT2D eigenvalue weighted by atomic mass is 9.73. The molecule has 3 heteroatoms. The third-order valence-electron chi connectivity index (χ3n) is 3.25. The van der Waals surface area contributed by atoms with E-state index in [1.54, 1.807) is 0 Å². The first-order valence-electron chi connectivity index (χ1n) is 6.32. The topological polar surface area (TPSA) is 50.4 Å². The lowest BCUT2D eigenvalue weighted by molar-refractivity contribution is 0.203. The summed E-state index contributed by atoms with van der Waals surface area (Å²) in [6, 6.07) is 0.371. The fraction of sp³-hybridized carbons (Fsp3) is 0.923. The average molecular weight is 225 g/mol. The maximum Gasteiger partial charge on any atom is 0.189 e. The Morgan fingerprint density at radius 3 is 2.44 bits per heavy atom. The van der Waals surface area contributed by atoms with Crippen LogP contribution in [0.4, 0.5) is 0 Å². The molecule has 1 aliphatic rings. The number of hydrogen-bond acceptors (Lipinski definition) is 1. The van der Waals surface area contributed by atoms with Crippen LogP contribution in [0.25, 0.3) is 0 Å². The molecule has 1 saturated carbocycles. The monoisotopic (exact) mass is 225 g/mol. The Kier molecular flexibility index (Phi) is 3.87. The van der Waals surface area contributed by atoms with Gasteiger partial charge >= 0.3 is 0 Å². The van der Waals surface area contributed by atoms with Gasteiger partial charge in [0.15, 0.2) is 5.96 Å². The van der Waals surface area contributed by atoms with Gasteiger partial charge in [0.05, 0.1) is 6.04 Å². The third kappa shape index (κ3) is 4.03. The van der Waals surface area contributed by atoms with Gasteiger partial charge < -0.3 is 11.1 Å². The summed E-state index contributed by atoms with van der Waals surface area (Å²) in [5.74, 6) is 0.590. The van der Waals surface area contributed by atoms with Crippen LogP contribution in [-0.4, -0.2) is 17.5 Å². The second-order valence-corrected chi connectivity index (χ2v) is 6.64. The molecule has 0 aromatic carbocycles. The summed E-state index contributed by atoms with van der Waals surface area (Å²) in [5.41, 5.74) is 6.24. The summed E-state index contributed by atoms with van der Waals surface area (Å²) in [5, 5.41) is 3.23. The Hall–Kier alpha value is -0.730. The minimum atomic E-state index is -0.00755. The van der Waals surface area contributed by atoms with Crippen molar-refractivity contribution in [2.24, 2.45) is 16.1 Å². The minimum Gasteiger partial charge on any atom is -0.370 e. The van der Waals surface area contributed by atoms with E-state index in [0.717, 1.165) is 0 Å². The second kappa shape index (κ2) is 4.64. The maximum atomic E-state index is 5.95. The Morgan fingerprint density at radius 1 is 1.31 bits per heavy atom. The molecule has 16 heavy (non-hydrogen) atoms. The Balaban J connectivity index is 2.66. The summed E-state index contributed by atoms with van der Waals surface area (Å²) < 4.78 is 0. The molecule has 0 radical (unpaired) electrons. The normalized spacial score (nSPS) is 26.6. The molecule has 1 fully saturated rings. The Labute approximate surface area is 99.9 Å². The molecule has 94 valence electrons. The van der Waals surface area contributed by atoms with Gasteiger partial charge in [-0.05, 0) is 39.0 Å². The molecule has 0 aliphatic heterocycles. The summed E-state index contributed by atoms with van der Waals surface area (Å²) >= 11 is 0. The Bertz CT molecular complexity index is 261. The predicted molar refractivity (Wildman–Crippen MR) is 70.5 cm³/mol. The van der Waals surface area contributed by atoms with Gasteiger partial charge in [-0.1, -0.05) is 26.7 Å². The number of rotatable bonds is 1. The molecule has 3 nitrogen and oxygen atoms in total. The van der Waals surface area contributed by atoms with Gasteiger partial charge in [0.25, 0.3) is 0 Å². The van der Waals surface area contributed by atoms with E-state index in [4.69, 9.17) is 5.73 Å². The molecule has 0 heterocycles. The van der Waals surface area contributed by atoms with Gasteiger partial charge in [-0.25, -0.2) is 4.99 Å². The van der Waals surface area contributed by atoms with Crippen molar-refractivity contribution in [1.29, 1.82) is 0 Å². The lowest BCUT2D eigenvalue weighted by Gasteiger charge is -2.36. The van der Waals surface area contributed by atoms with E-state index in [1.165, 1.54) is 25.7 Å². The van der Waals surface area contributed by atoms with Crippen LogP contribution in [0.15, 0.2) is 4.99 Å². The fourth-order valence-corrected chi connectivity index (χ4v) is 2.30. The van der Waals surface area contributed by atoms with Crippen molar-refractivity contribution >= 4 is 5.96 Å². The standard InChI is InChI=1S/C13H27N3/c1-12(2,3)16-11(14)15-10-8-6-7-9-13(10,4)5/h10H,6-9H2,1-5H3,(H3,14,15,16). The maximum absolute atomic E-state index is 5.95. The Morgan fingerprint density at radius 2 is 1.94 bits per heavy atom. The van der Waals surface area contributed by atoms with Crippen LogP contribution in [0.3, 0.4) is 0 Å². The summed E-state index contributed by atoms with van der Waals surface area (Å²) in [7, 11) is 0. The van der Waals surface area contributed by atoms with E-state index < -0.39 is 0 Å². The highest BCUT2D eigenvalue weighted by molar-refractivity contribution is 5.78.